The topological polar surface area (TPSA) is 130 Å². The normalized spacial score (nSPS) is 12.2. The van der Waals surface area contributed by atoms with E-state index in [4.69, 9.17) is 0 Å². The van der Waals surface area contributed by atoms with E-state index >= 15 is 0 Å². The molecule has 0 aromatic carbocycles. The molecule has 136 valence electrons. The van der Waals surface area contributed by atoms with Crippen LogP contribution in [0, 0.1) is 0 Å². The van der Waals surface area contributed by atoms with Crippen molar-refractivity contribution < 1.29 is 39.0 Å². The van der Waals surface area contributed by atoms with E-state index in [0.29, 0.717) is 25.7 Å². The highest BCUT2D eigenvalue weighted by Gasteiger charge is 2.19. The number of carbonyl (C=O) groups excluding carboxylic acids is 2. The van der Waals surface area contributed by atoms with Gasteiger partial charge in [0.25, 0.3) is 0 Å². The zero-order valence-electron chi connectivity index (χ0n) is 13.3. The summed E-state index contributed by atoms with van der Waals surface area (Å²) >= 11 is 0. The number of carbonyl (C=O) groups is 2. The Morgan fingerprint density at radius 2 is 1.26 bits per heavy atom. The lowest BCUT2D eigenvalue weighted by atomic mass is 10.1. The third-order valence-electron chi connectivity index (χ3n) is 2.26. The molecule has 0 spiro atoms. The molecule has 0 saturated carbocycles. The summed E-state index contributed by atoms with van der Waals surface area (Å²) in [6, 6.07) is 0. The molecule has 0 bridgehead atoms. The van der Waals surface area contributed by atoms with E-state index in [1.165, 1.54) is 13.8 Å². The van der Waals surface area contributed by atoms with Gasteiger partial charge < -0.3 is 8.37 Å². The Balaban J connectivity index is 3.80. The Kier molecular flexibility index (Phi) is 9.32. The molecule has 23 heavy (non-hydrogen) atoms. The zero-order chi connectivity index (χ0) is 18.1. The molecule has 0 radical (unpaired) electrons. The van der Waals surface area contributed by atoms with Crippen molar-refractivity contribution in [1.82, 2.24) is 0 Å². The Bertz CT molecular complexity index is 590. The van der Waals surface area contributed by atoms with Gasteiger partial charge in [-0.3, -0.25) is 9.59 Å². The second-order valence-corrected chi connectivity index (χ2v) is 7.83. The lowest BCUT2D eigenvalue weighted by Crippen LogP contribution is -2.19. The van der Waals surface area contributed by atoms with Crippen molar-refractivity contribution in [2.45, 2.75) is 58.5 Å². The van der Waals surface area contributed by atoms with Crippen molar-refractivity contribution in [3.05, 3.63) is 0 Å². The van der Waals surface area contributed by atoms with Gasteiger partial charge in [0.05, 0.1) is 12.4 Å². The first-order valence-corrected chi connectivity index (χ1v) is 10.1. The van der Waals surface area contributed by atoms with Crippen molar-refractivity contribution in [3.63, 3.8) is 0 Å². The fourth-order valence-electron chi connectivity index (χ4n) is 1.51. The maximum atomic E-state index is 11.3. The quantitative estimate of drug-likeness (QED) is 0.384. The minimum absolute atomic E-state index is 0.0475. The smallest absolute Gasteiger partial charge is 0.346 e. The molecule has 0 saturated heterocycles. The van der Waals surface area contributed by atoms with Crippen LogP contribution in [0.3, 0.4) is 0 Å². The van der Waals surface area contributed by atoms with E-state index in [9.17, 15) is 26.4 Å². The molecule has 9 nitrogen and oxygen atoms in total. The van der Waals surface area contributed by atoms with Gasteiger partial charge in [-0.2, -0.15) is 16.8 Å². The van der Waals surface area contributed by atoms with Crippen LogP contribution in [0.4, 0.5) is 0 Å². The van der Waals surface area contributed by atoms with E-state index in [1.54, 1.807) is 0 Å². The Morgan fingerprint density at radius 3 is 1.65 bits per heavy atom. The minimum Gasteiger partial charge on any atom is -0.346 e. The third-order valence-corrected chi connectivity index (χ3v) is 3.76. The number of hydrogen-bond donors (Lipinski definition) is 0. The summed E-state index contributed by atoms with van der Waals surface area (Å²) in [5.74, 6) is -1.74. The van der Waals surface area contributed by atoms with E-state index in [2.05, 4.69) is 12.5 Å². The molecular weight excluding hydrogens is 352 g/mol. The molecular formula is C12H22O9S2. The molecule has 0 N–H and O–H groups in total. The molecule has 0 amide bonds. The average molecular weight is 374 g/mol. The fourth-order valence-corrected chi connectivity index (χ4v) is 2.76. The third kappa shape index (κ3) is 14.1. The summed E-state index contributed by atoms with van der Waals surface area (Å²) < 4.78 is 56.6. The van der Waals surface area contributed by atoms with Crippen molar-refractivity contribution in [2.75, 3.05) is 6.26 Å². The summed E-state index contributed by atoms with van der Waals surface area (Å²) in [6.45, 7) is 2.97. The van der Waals surface area contributed by atoms with Crippen LogP contribution in [0.1, 0.15) is 52.4 Å². The molecule has 11 heteroatoms. The SMILES string of the molecule is CC(C)OS(=O)(=O)OC(=O)CCCCCCC(=O)OS(C)(=O)=O. The summed E-state index contributed by atoms with van der Waals surface area (Å²) in [7, 11) is -8.11. The van der Waals surface area contributed by atoms with Gasteiger partial charge in [0.2, 0.25) is 0 Å². The lowest BCUT2D eigenvalue weighted by Gasteiger charge is -2.07. The van der Waals surface area contributed by atoms with Crippen LogP contribution in [0.25, 0.3) is 0 Å². The minimum atomic E-state index is -4.32. The van der Waals surface area contributed by atoms with Crippen LogP contribution in [0.2, 0.25) is 0 Å². The molecule has 0 atom stereocenters. The number of unbranched alkanes of at least 4 members (excludes halogenated alkanes) is 3. The molecule has 0 aliphatic rings. The zero-order valence-corrected chi connectivity index (χ0v) is 14.9. The van der Waals surface area contributed by atoms with Gasteiger partial charge in [0.1, 0.15) is 0 Å². The predicted molar refractivity (Wildman–Crippen MR) is 79.9 cm³/mol. The van der Waals surface area contributed by atoms with E-state index in [1.807, 2.05) is 0 Å². The van der Waals surface area contributed by atoms with Gasteiger partial charge in [-0.1, -0.05) is 12.8 Å². The van der Waals surface area contributed by atoms with Gasteiger partial charge >= 0.3 is 32.5 Å². The molecule has 0 aliphatic carbocycles. The summed E-state index contributed by atoms with van der Waals surface area (Å²) in [6.07, 6.45) is 1.89. The van der Waals surface area contributed by atoms with Crippen molar-refractivity contribution in [2.24, 2.45) is 0 Å². The maximum absolute atomic E-state index is 11.3. The van der Waals surface area contributed by atoms with E-state index in [-0.39, 0.29) is 12.8 Å². The van der Waals surface area contributed by atoms with Crippen LogP contribution in [-0.4, -0.2) is 41.1 Å². The van der Waals surface area contributed by atoms with Crippen LogP contribution in [0.15, 0.2) is 0 Å². The fraction of sp³-hybridized carbons (Fsp3) is 0.833. The van der Waals surface area contributed by atoms with Crippen LogP contribution in [-0.2, 0) is 42.7 Å². The second-order valence-electron chi connectivity index (χ2n) is 5.08. The first-order chi connectivity index (χ1) is 10.4. The van der Waals surface area contributed by atoms with Crippen molar-refractivity contribution in [1.29, 1.82) is 0 Å². The predicted octanol–water partition coefficient (Wildman–Crippen LogP) is 1.04. The van der Waals surface area contributed by atoms with Gasteiger partial charge in [-0.15, -0.1) is 0 Å². The van der Waals surface area contributed by atoms with Crippen molar-refractivity contribution >= 4 is 32.5 Å². The van der Waals surface area contributed by atoms with Gasteiger partial charge in [0, 0.05) is 12.8 Å². The highest BCUT2D eigenvalue weighted by Crippen LogP contribution is 2.09. The second kappa shape index (κ2) is 9.83. The summed E-state index contributed by atoms with van der Waals surface area (Å²) in [5, 5.41) is 0. The summed E-state index contributed by atoms with van der Waals surface area (Å²) in [4.78, 5) is 22.4. The molecule has 0 aromatic rings. The van der Waals surface area contributed by atoms with Crippen LogP contribution < -0.4 is 0 Å². The molecule has 0 aliphatic heterocycles. The van der Waals surface area contributed by atoms with E-state index in [0.717, 1.165) is 6.26 Å². The Hall–Kier alpha value is -1.20. The molecule has 0 heterocycles. The Labute approximate surface area is 136 Å². The first kappa shape index (κ1) is 21.8. The molecule has 0 aromatic heterocycles. The van der Waals surface area contributed by atoms with Crippen LogP contribution in [0.5, 0.6) is 0 Å². The van der Waals surface area contributed by atoms with Gasteiger partial charge in [-0.05, 0) is 26.7 Å². The van der Waals surface area contributed by atoms with Crippen LogP contribution >= 0.6 is 0 Å². The highest BCUT2D eigenvalue weighted by atomic mass is 32.3. The largest absolute Gasteiger partial charge is 0.451 e. The maximum Gasteiger partial charge on any atom is 0.451 e. The lowest BCUT2D eigenvalue weighted by molar-refractivity contribution is -0.135. The molecule has 0 rings (SSSR count). The Morgan fingerprint density at radius 1 is 0.826 bits per heavy atom. The summed E-state index contributed by atoms with van der Waals surface area (Å²) in [5.41, 5.74) is 0. The van der Waals surface area contributed by atoms with E-state index < -0.39 is 38.6 Å². The monoisotopic (exact) mass is 374 g/mol. The number of rotatable bonds is 11. The highest BCUT2D eigenvalue weighted by molar-refractivity contribution is 7.86. The van der Waals surface area contributed by atoms with Gasteiger partial charge in [0.15, 0.2) is 0 Å². The standard InChI is InChI=1S/C12H22O9S2/c1-10(2)19-23(17,18)21-12(14)9-7-5-4-6-8-11(13)20-22(3,15)16/h10H,4-9H2,1-3H3. The number of hydrogen-bond acceptors (Lipinski definition) is 9. The molecule has 0 fully saturated rings. The van der Waals surface area contributed by atoms with Gasteiger partial charge in [-0.25, -0.2) is 4.18 Å². The first-order valence-electron chi connectivity index (χ1n) is 6.99. The van der Waals surface area contributed by atoms with Crippen molar-refractivity contribution in [3.8, 4) is 0 Å². The molecule has 0 unspecified atom stereocenters. The average Bonchev–Trinajstić information content (AvgIpc) is 2.28.